The molecule has 0 aliphatic carbocycles. The van der Waals surface area contributed by atoms with Crippen molar-refractivity contribution in [2.75, 3.05) is 33.3 Å². The van der Waals surface area contributed by atoms with Crippen LogP contribution in [0.15, 0.2) is 18.2 Å². The molecule has 1 aromatic rings. The molecular formula is C15H21ClF4N2O. The number of benzene rings is 1. The normalized spacial score (nSPS) is 17.4. The molecule has 0 spiro atoms. The summed E-state index contributed by atoms with van der Waals surface area (Å²) in [6.45, 7) is 2.60. The van der Waals surface area contributed by atoms with Crippen molar-refractivity contribution in [2.45, 2.75) is 25.1 Å². The Kier molecular flexibility index (Phi) is 7.57. The van der Waals surface area contributed by atoms with Crippen LogP contribution in [-0.4, -0.2) is 44.4 Å². The number of hydrogen-bond acceptors (Lipinski definition) is 3. The molecule has 0 aromatic heterocycles. The van der Waals surface area contributed by atoms with Crippen molar-refractivity contribution in [1.29, 1.82) is 0 Å². The first-order valence-corrected chi connectivity index (χ1v) is 7.25. The molecule has 0 saturated carbocycles. The number of piperazine rings is 1. The Morgan fingerprint density at radius 2 is 1.91 bits per heavy atom. The Hall–Kier alpha value is -1.05. The molecule has 1 aliphatic heterocycles. The summed E-state index contributed by atoms with van der Waals surface area (Å²) in [5.74, 6) is -0.166. The van der Waals surface area contributed by atoms with Crippen molar-refractivity contribution >= 4 is 12.4 Å². The van der Waals surface area contributed by atoms with Crippen molar-refractivity contribution < 1.29 is 22.3 Å². The van der Waals surface area contributed by atoms with E-state index in [1.165, 1.54) is 19.2 Å². The Morgan fingerprint density at radius 1 is 1.26 bits per heavy atom. The van der Waals surface area contributed by atoms with Crippen LogP contribution in [0.3, 0.4) is 0 Å². The average molecular weight is 357 g/mol. The Labute approximate surface area is 139 Å². The Balaban J connectivity index is 0.00000264. The number of halogens is 5. The molecule has 1 fully saturated rings. The third-order valence-electron chi connectivity index (χ3n) is 3.86. The highest BCUT2D eigenvalue weighted by Crippen LogP contribution is 2.33. The third kappa shape index (κ3) is 5.82. The summed E-state index contributed by atoms with van der Waals surface area (Å²) in [5.41, 5.74) is 0.298. The largest absolute Gasteiger partial charge is 0.497 e. The number of alkyl halides is 3. The molecule has 132 valence electrons. The number of ether oxygens (including phenoxy) is 1. The Morgan fingerprint density at radius 3 is 2.43 bits per heavy atom. The van der Waals surface area contributed by atoms with Gasteiger partial charge in [0.2, 0.25) is 0 Å². The van der Waals surface area contributed by atoms with Crippen molar-refractivity contribution in [3.8, 4) is 5.75 Å². The van der Waals surface area contributed by atoms with E-state index in [0.29, 0.717) is 37.5 Å². The molecule has 8 heteroatoms. The topological polar surface area (TPSA) is 24.5 Å². The quantitative estimate of drug-likeness (QED) is 0.817. The van der Waals surface area contributed by atoms with Gasteiger partial charge in [0.25, 0.3) is 0 Å². The summed E-state index contributed by atoms with van der Waals surface area (Å²) in [6, 6.07) is 3.76. The monoisotopic (exact) mass is 356 g/mol. The number of rotatable bonds is 5. The van der Waals surface area contributed by atoms with E-state index in [4.69, 9.17) is 4.74 Å². The minimum atomic E-state index is -4.24. The molecule has 1 N–H and O–H groups in total. The number of methoxy groups -OCH3 is 1. The van der Waals surface area contributed by atoms with Crippen LogP contribution < -0.4 is 10.1 Å². The van der Waals surface area contributed by atoms with E-state index >= 15 is 0 Å². The lowest BCUT2D eigenvalue weighted by atomic mass is 9.98. The lowest BCUT2D eigenvalue weighted by molar-refractivity contribution is -0.138. The van der Waals surface area contributed by atoms with Gasteiger partial charge in [-0.25, -0.2) is 4.39 Å². The van der Waals surface area contributed by atoms with Crippen LogP contribution in [0.25, 0.3) is 0 Å². The van der Waals surface area contributed by atoms with Gasteiger partial charge in [-0.05, 0) is 12.5 Å². The maximum atomic E-state index is 14.3. The molecule has 1 saturated heterocycles. The predicted octanol–water partition coefficient (Wildman–Crippen LogP) is 3.54. The van der Waals surface area contributed by atoms with Gasteiger partial charge >= 0.3 is 6.18 Å². The maximum Gasteiger partial charge on any atom is 0.389 e. The SMILES string of the molecule is COc1ccc([C@H](CCC(F)(F)F)N2CCNCC2)c(F)c1.Cl. The van der Waals surface area contributed by atoms with Crippen LogP contribution in [0.1, 0.15) is 24.4 Å². The van der Waals surface area contributed by atoms with E-state index in [1.807, 2.05) is 4.90 Å². The van der Waals surface area contributed by atoms with Gasteiger partial charge in [-0.1, -0.05) is 6.07 Å². The predicted molar refractivity (Wildman–Crippen MR) is 82.7 cm³/mol. The van der Waals surface area contributed by atoms with E-state index in [2.05, 4.69) is 5.32 Å². The molecule has 0 radical (unpaired) electrons. The first-order chi connectivity index (χ1) is 10.4. The molecule has 1 aromatic carbocycles. The van der Waals surface area contributed by atoms with Crippen LogP contribution in [0.5, 0.6) is 5.75 Å². The molecule has 3 nitrogen and oxygen atoms in total. The van der Waals surface area contributed by atoms with Crippen molar-refractivity contribution in [2.24, 2.45) is 0 Å². The molecule has 0 bridgehead atoms. The molecule has 0 unspecified atom stereocenters. The summed E-state index contributed by atoms with van der Waals surface area (Å²) in [6.07, 6.45) is -5.31. The van der Waals surface area contributed by atoms with Gasteiger partial charge in [0.05, 0.1) is 7.11 Å². The zero-order chi connectivity index (χ0) is 16.2. The highest BCUT2D eigenvalue weighted by molar-refractivity contribution is 5.85. The summed E-state index contributed by atoms with van der Waals surface area (Å²) >= 11 is 0. The summed E-state index contributed by atoms with van der Waals surface area (Å²) < 4.78 is 56.9. The second kappa shape index (κ2) is 8.70. The second-order valence-electron chi connectivity index (χ2n) is 5.34. The molecule has 1 aliphatic rings. The molecule has 1 heterocycles. The van der Waals surface area contributed by atoms with Crippen LogP contribution in [0.4, 0.5) is 17.6 Å². The van der Waals surface area contributed by atoms with E-state index in [9.17, 15) is 17.6 Å². The molecule has 1 atom stereocenters. The van der Waals surface area contributed by atoms with E-state index in [-0.39, 0.29) is 18.8 Å². The minimum absolute atomic E-state index is 0. The standard InChI is InChI=1S/C15H20F4N2O.ClH/c1-22-11-2-3-12(13(16)10-11)14(4-5-15(17,18)19)21-8-6-20-7-9-21;/h2-3,10,14,20H,4-9H2,1H3;1H/t14-;/m0./s1. The fraction of sp³-hybridized carbons (Fsp3) is 0.600. The lowest BCUT2D eigenvalue weighted by Gasteiger charge is -2.35. The van der Waals surface area contributed by atoms with Crippen molar-refractivity contribution in [3.63, 3.8) is 0 Å². The third-order valence-corrected chi connectivity index (χ3v) is 3.86. The van der Waals surface area contributed by atoms with Gasteiger partial charge < -0.3 is 10.1 Å². The van der Waals surface area contributed by atoms with Gasteiger partial charge in [0, 0.05) is 50.3 Å². The zero-order valence-corrected chi connectivity index (χ0v) is 13.6. The zero-order valence-electron chi connectivity index (χ0n) is 12.8. The molecule has 2 rings (SSSR count). The van der Waals surface area contributed by atoms with Gasteiger partial charge in [0.15, 0.2) is 0 Å². The number of hydrogen-bond donors (Lipinski definition) is 1. The molecule has 0 amide bonds. The first kappa shape index (κ1) is 20.0. The number of nitrogens with one attached hydrogen (secondary N) is 1. The fourth-order valence-corrected chi connectivity index (χ4v) is 2.73. The van der Waals surface area contributed by atoms with E-state index in [1.54, 1.807) is 6.07 Å². The van der Waals surface area contributed by atoms with Crippen molar-refractivity contribution in [1.82, 2.24) is 10.2 Å². The van der Waals surface area contributed by atoms with Crippen LogP contribution >= 0.6 is 12.4 Å². The first-order valence-electron chi connectivity index (χ1n) is 7.25. The van der Waals surface area contributed by atoms with Gasteiger partial charge in [0.1, 0.15) is 11.6 Å². The maximum absolute atomic E-state index is 14.3. The fourth-order valence-electron chi connectivity index (χ4n) is 2.73. The highest BCUT2D eigenvalue weighted by atomic mass is 35.5. The van der Waals surface area contributed by atoms with Crippen LogP contribution in [-0.2, 0) is 0 Å². The van der Waals surface area contributed by atoms with Crippen molar-refractivity contribution in [3.05, 3.63) is 29.6 Å². The smallest absolute Gasteiger partial charge is 0.389 e. The number of nitrogens with zero attached hydrogens (tertiary/aromatic N) is 1. The van der Waals surface area contributed by atoms with Crippen LogP contribution in [0, 0.1) is 5.82 Å². The lowest BCUT2D eigenvalue weighted by Crippen LogP contribution is -2.45. The Bertz CT molecular complexity index is 493. The van der Waals surface area contributed by atoms with Gasteiger partial charge in [-0.3, -0.25) is 4.90 Å². The average Bonchev–Trinajstić information content (AvgIpc) is 2.48. The van der Waals surface area contributed by atoms with Gasteiger partial charge in [-0.15, -0.1) is 12.4 Å². The highest BCUT2D eigenvalue weighted by Gasteiger charge is 2.32. The van der Waals surface area contributed by atoms with Gasteiger partial charge in [-0.2, -0.15) is 13.2 Å². The summed E-state index contributed by atoms with van der Waals surface area (Å²) in [5, 5.41) is 3.15. The summed E-state index contributed by atoms with van der Waals surface area (Å²) in [7, 11) is 1.42. The second-order valence-corrected chi connectivity index (χ2v) is 5.34. The minimum Gasteiger partial charge on any atom is -0.497 e. The van der Waals surface area contributed by atoms with Crippen LogP contribution in [0.2, 0.25) is 0 Å². The summed E-state index contributed by atoms with van der Waals surface area (Å²) in [4.78, 5) is 1.91. The van der Waals surface area contributed by atoms with E-state index in [0.717, 1.165) is 0 Å². The molecular weight excluding hydrogens is 336 g/mol. The van der Waals surface area contributed by atoms with E-state index < -0.39 is 24.5 Å². The molecule has 23 heavy (non-hydrogen) atoms.